The molecule has 0 atom stereocenters. The molecule has 2 N–H and O–H groups in total. The zero-order valence-corrected chi connectivity index (χ0v) is 10.9. The molecule has 2 rings (SSSR count). The molecule has 1 aliphatic rings. The van der Waals surface area contributed by atoms with Crippen LogP contribution in [0.4, 0.5) is 0 Å². The number of thiocarbonyl (C=S) groups is 1. The molecule has 0 unspecified atom stereocenters. The normalized spacial score (nSPS) is 14.6. The molecule has 0 spiro atoms. The molecule has 1 saturated carbocycles. The Hall–Kier alpha value is -0.510. The molecular formula is C11H12Cl2N2S. The van der Waals surface area contributed by atoms with Gasteiger partial charge < -0.3 is 10.6 Å². The molecule has 1 aromatic carbocycles. The highest BCUT2D eigenvalue weighted by Crippen LogP contribution is 2.21. The van der Waals surface area contributed by atoms with Gasteiger partial charge in [0.05, 0.1) is 0 Å². The van der Waals surface area contributed by atoms with Gasteiger partial charge in [0.1, 0.15) is 0 Å². The summed E-state index contributed by atoms with van der Waals surface area (Å²) in [4.78, 5) is 0. The quantitative estimate of drug-likeness (QED) is 0.829. The van der Waals surface area contributed by atoms with Crippen molar-refractivity contribution in [2.75, 3.05) is 0 Å². The Morgan fingerprint density at radius 2 is 2.12 bits per heavy atom. The van der Waals surface area contributed by atoms with Gasteiger partial charge in [-0.15, -0.1) is 0 Å². The molecule has 0 heterocycles. The fourth-order valence-corrected chi connectivity index (χ4v) is 2.02. The van der Waals surface area contributed by atoms with E-state index in [4.69, 9.17) is 35.4 Å². The van der Waals surface area contributed by atoms with Crippen LogP contribution >= 0.6 is 35.4 Å². The lowest BCUT2D eigenvalue weighted by Gasteiger charge is -2.10. The summed E-state index contributed by atoms with van der Waals surface area (Å²) < 4.78 is 0. The molecule has 2 nitrogen and oxygen atoms in total. The highest BCUT2D eigenvalue weighted by molar-refractivity contribution is 7.80. The molecule has 1 aliphatic carbocycles. The van der Waals surface area contributed by atoms with Gasteiger partial charge >= 0.3 is 0 Å². The molecule has 0 radical (unpaired) electrons. The zero-order chi connectivity index (χ0) is 11.5. The van der Waals surface area contributed by atoms with Gasteiger partial charge in [-0.3, -0.25) is 0 Å². The number of rotatable bonds is 3. The maximum atomic E-state index is 6.04. The summed E-state index contributed by atoms with van der Waals surface area (Å²) in [7, 11) is 0. The van der Waals surface area contributed by atoms with E-state index in [2.05, 4.69) is 10.6 Å². The standard InChI is InChI=1S/C11H12Cl2N2S/c12-8-2-1-7(10(13)5-8)6-14-11(16)15-9-3-4-9/h1-2,5,9H,3-4,6H2,(H2,14,15,16). The molecule has 86 valence electrons. The average Bonchev–Trinajstić information content (AvgIpc) is 3.00. The van der Waals surface area contributed by atoms with Crippen LogP contribution < -0.4 is 10.6 Å². The highest BCUT2D eigenvalue weighted by atomic mass is 35.5. The fraction of sp³-hybridized carbons (Fsp3) is 0.364. The fourth-order valence-electron chi connectivity index (χ4n) is 1.30. The van der Waals surface area contributed by atoms with Crippen LogP contribution in [-0.4, -0.2) is 11.2 Å². The van der Waals surface area contributed by atoms with Crippen molar-refractivity contribution in [3.8, 4) is 0 Å². The first-order valence-electron chi connectivity index (χ1n) is 5.13. The molecule has 0 amide bonds. The summed E-state index contributed by atoms with van der Waals surface area (Å²) in [5.74, 6) is 0. The van der Waals surface area contributed by atoms with E-state index in [1.165, 1.54) is 12.8 Å². The van der Waals surface area contributed by atoms with E-state index in [0.717, 1.165) is 5.56 Å². The molecule has 0 aliphatic heterocycles. The van der Waals surface area contributed by atoms with Crippen molar-refractivity contribution in [3.05, 3.63) is 33.8 Å². The van der Waals surface area contributed by atoms with Crippen LogP contribution in [0, 0.1) is 0 Å². The summed E-state index contributed by atoms with van der Waals surface area (Å²) in [5, 5.41) is 8.33. The van der Waals surface area contributed by atoms with Gasteiger partial charge in [-0.1, -0.05) is 29.3 Å². The van der Waals surface area contributed by atoms with Crippen LogP contribution in [-0.2, 0) is 6.54 Å². The Kier molecular flexibility index (Phi) is 3.90. The van der Waals surface area contributed by atoms with E-state index < -0.39 is 0 Å². The van der Waals surface area contributed by atoms with Crippen molar-refractivity contribution in [2.24, 2.45) is 0 Å². The first-order chi connectivity index (χ1) is 7.65. The van der Waals surface area contributed by atoms with Crippen molar-refractivity contribution in [1.29, 1.82) is 0 Å². The molecule has 0 aromatic heterocycles. The summed E-state index contributed by atoms with van der Waals surface area (Å²) in [5.41, 5.74) is 0.992. The van der Waals surface area contributed by atoms with Gasteiger partial charge in [0.15, 0.2) is 5.11 Å². The second-order valence-electron chi connectivity index (χ2n) is 3.84. The average molecular weight is 275 g/mol. The van der Waals surface area contributed by atoms with Crippen LogP contribution in [0.5, 0.6) is 0 Å². The van der Waals surface area contributed by atoms with Gasteiger partial charge in [-0.25, -0.2) is 0 Å². The van der Waals surface area contributed by atoms with Crippen molar-refractivity contribution >= 4 is 40.5 Å². The molecule has 0 saturated heterocycles. The maximum Gasteiger partial charge on any atom is 0.166 e. The Morgan fingerprint density at radius 3 is 2.75 bits per heavy atom. The van der Waals surface area contributed by atoms with Gasteiger partial charge in [0.25, 0.3) is 0 Å². The maximum absolute atomic E-state index is 6.04. The van der Waals surface area contributed by atoms with Gasteiger partial charge in [-0.2, -0.15) is 0 Å². The zero-order valence-electron chi connectivity index (χ0n) is 8.59. The highest BCUT2D eigenvalue weighted by Gasteiger charge is 2.21. The topological polar surface area (TPSA) is 24.1 Å². The minimum Gasteiger partial charge on any atom is -0.360 e. The molecule has 5 heteroatoms. The SMILES string of the molecule is S=C(NCc1ccc(Cl)cc1Cl)NC1CC1. The predicted molar refractivity (Wildman–Crippen MR) is 72.1 cm³/mol. The van der Waals surface area contributed by atoms with E-state index >= 15 is 0 Å². The minimum atomic E-state index is 0.570. The van der Waals surface area contributed by atoms with Crippen LogP contribution in [0.1, 0.15) is 18.4 Å². The smallest absolute Gasteiger partial charge is 0.166 e. The van der Waals surface area contributed by atoms with Crippen LogP contribution in [0.15, 0.2) is 18.2 Å². The number of halogens is 2. The first kappa shape index (κ1) is 12.0. The first-order valence-corrected chi connectivity index (χ1v) is 6.30. The summed E-state index contributed by atoms with van der Waals surface area (Å²) in [6.07, 6.45) is 2.42. The van der Waals surface area contributed by atoms with Crippen LogP contribution in [0.2, 0.25) is 10.0 Å². The van der Waals surface area contributed by atoms with E-state index in [1.807, 2.05) is 12.1 Å². The second kappa shape index (κ2) is 5.21. The number of hydrogen-bond acceptors (Lipinski definition) is 1. The summed E-state index contributed by atoms with van der Waals surface area (Å²) in [6.45, 7) is 0.620. The number of nitrogens with one attached hydrogen (secondary N) is 2. The predicted octanol–water partition coefficient (Wildman–Crippen LogP) is 3.12. The molecule has 0 bridgehead atoms. The van der Waals surface area contributed by atoms with E-state index in [1.54, 1.807) is 6.07 Å². The van der Waals surface area contributed by atoms with Crippen molar-refractivity contribution in [3.63, 3.8) is 0 Å². The molecular weight excluding hydrogens is 263 g/mol. The Bertz CT molecular complexity index is 405. The van der Waals surface area contributed by atoms with Gasteiger partial charge in [0, 0.05) is 22.6 Å². The lowest BCUT2D eigenvalue weighted by atomic mass is 10.2. The lowest BCUT2D eigenvalue weighted by molar-refractivity contribution is 0.829. The Balaban J connectivity index is 1.85. The Labute approximate surface area is 110 Å². The van der Waals surface area contributed by atoms with Crippen molar-refractivity contribution in [1.82, 2.24) is 10.6 Å². The van der Waals surface area contributed by atoms with Crippen LogP contribution in [0.25, 0.3) is 0 Å². The molecule has 16 heavy (non-hydrogen) atoms. The number of benzene rings is 1. The van der Waals surface area contributed by atoms with Crippen molar-refractivity contribution in [2.45, 2.75) is 25.4 Å². The van der Waals surface area contributed by atoms with Gasteiger partial charge in [-0.05, 0) is 42.8 Å². The van der Waals surface area contributed by atoms with Gasteiger partial charge in [0.2, 0.25) is 0 Å². The van der Waals surface area contributed by atoms with Crippen LogP contribution in [0.3, 0.4) is 0 Å². The Morgan fingerprint density at radius 1 is 1.38 bits per heavy atom. The second-order valence-corrected chi connectivity index (χ2v) is 5.09. The summed E-state index contributed by atoms with van der Waals surface area (Å²) >= 11 is 17.0. The molecule has 1 fully saturated rings. The lowest BCUT2D eigenvalue weighted by Crippen LogP contribution is -2.36. The van der Waals surface area contributed by atoms with E-state index in [9.17, 15) is 0 Å². The largest absolute Gasteiger partial charge is 0.360 e. The monoisotopic (exact) mass is 274 g/mol. The van der Waals surface area contributed by atoms with E-state index in [-0.39, 0.29) is 0 Å². The number of hydrogen-bond donors (Lipinski definition) is 2. The molecule has 1 aromatic rings. The minimum absolute atomic E-state index is 0.570. The third kappa shape index (κ3) is 3.51. The third-order valence-electron chi connectivity index (χ3n) is 2.37. The van der Waals surface area contributed by atoms with E-state index in [0.29, 0.717) is 27.7 Å². The van der Waals surface area contributed by atoms with Crippen molar-refractivity contribution < 1.29 is 0 Å². The third-order valence-corrected chi connectivity index (χ3v) is 3.22. The summed E-state index contributed by atoms with van der Waals surface area (Å²) in [6, 6.07) is 6.03.